The molecule has 0 atom stereocenters. The summed E-state index contributed by atoms with van der Waals surface area (Å²) in [5, 5.41) is 0. The average Bonchev–Trinajstić information content (AvgIpc) is 3.53. The standard InChI is InChI=1S/C2H6OS84/c1-2-3-87(5,6)86-85-84-83-82-81-80-79-78-77-76-75-74-73-72-71-70-69-68-67-66-65-64-63-62-61-60-59-58-57-56-55-54-53-52-51-50-49-48-47-46-45-44-43-42-41-40-39-38-37-36-35-34-33-32-31-30-29-28-27-26-25-24-23-22-21-20-19-18-17-16-15-14-13-12-11-10-9-8-7-4/h4H,2H2,1H3. The van der Waals surface area contributed by atoms with E-state index >= 15 is 0 Å². The van der Waals surface area contributed by atoms with Gasteiger partial charge in [0, 0.05) is 707 Å². The lowest BCUT2D eigenvalue weighted by Gasteiger charge is -2.06. The van der Waals surface area contributed by atoms with E-state index in [9.17, 15) is 0 Å². The van der Waals surface area contributed by atoms with E-state index < -0.39 is 6.46 Å². The Hall–Kier alpha value is 29.1. The molecule has 0 bridgehead atoms. The van der Waals surface area contributed by atoms with Crippen LogP contribution in [0.3, 0.4) is 0 Å². The van der Waals surface area contributed by atoms with Gasteiger partial charge in [0.1, 0.15) is 0 Å². The highest BCUT2D eigenvalue weighted by Gasteiger charge is 2.09. The van der Waals surface area contributed by atoms with E-state index in [0.29, 0.717) is 6.61 Å². The molecule has 0 N–H and O–H groups in total. The van der Waals surface area contributed by atoms with Crippen LogP contribution >= 0.6 is 798 Å². The molecule has 87 heavy (non-hydrogen) atoms. The Kier molecular flexibility index (Phi) is 146. The Morgan fingerprint density at radius 1 is 0.184 bits per heavy atom. The van der Waals surface area contributed by atoms with Crippen molar-refractivity contribution in [1.82, 2.24) is 0 Å². The highest BCUT2D eigenvalue weighted by molar-refractivity contribution is 9.66. The van der Waals surface area contributed by atoms with E-state index in [4.69, 9.17) is 26.6 Å². The van der Waals surface area contributed by atoms with Crippen molar-refractivity contribution in [3.8, 4) is 0 Å². The normalized spacial score (nSPS) is 12.0. The summed E-state index contributed by atoms with van der Waals surface area (Å²) in [4.78, 5) is 0. The fraction of sp³-hybridized carbons (Fsp3) is 1.00. The molecule has 0 saturated heterocycles. The molecular weight excluding hydrogens is 2730 g/mol. The highest BCUT2D eigenvalue weighted by Crippen LogP contribution is 2.72. The van der Waals surface area contributed by atoms with Crippen LogP contribution < -0.4 is 0 Å². The van der Waals surface area contributed by atoms with Gasteiger partial charge >= 0.3 is 0 Å². The molecule has 0 aromatic rings. The van der Waals surface area contributed by atoms with E-state index in [1.54, 1.807) is 138 Å². The first-order valence-corrected chi connectivity index (χ1v) is 126. The third kappa shape index (κ3) is 111. The Labute approximate surface area is 820 Å². The third-order valence-corrected chi connectivity index (χ3v) is 185. The van der Waals surface area contributed by atoms with Gasteiger partial charge in [-0.05, 0) is 108 Å². The molecule has 0 spiro atoms. The first-order chi connectivity index (χ1) is 43.1. The Balaban J connectivity index is 3.10. The second-order valence-electron chi connectivity index (χ2n) is 6.26. The Bertz CT molecular complexity index is 1280. The molecule has 0 fully saturated rings. The molecule has 0 aliphatic carbocycles. The lowest BCUT2D eigenvalue weighted by molar-refractivity contribution is 0.402. The van der Waals surface area contributed by atoms with Crippen LogP contribution in [0.25, 0.3) is 0 Å². The Morgan fingerprint density at radius 3 is 0.368 bits per heavy atom. The van der Waals surface area contributed by atoms with Crippen LogP contribution in [0.5, 0.6) is 0 Å². The van der Waals surface area contributed by atoms with Gasteiger partial charge in [-0.2, -0.15) is 0 Å². The zero-order valence-electron chi connectivity index (χ0n) is 36.4. The maximum atomic E-state index is 5.41. The summed E-state index contributed by atoms with van der Waals surface area (Å²) in [6.07, 6.45) is 0. The summed E-state index contributed by atoms with van der Waals surface area (Å²) < 4.78 is 5.41. The van der Waals surface area contributed by atoms with Crippen molar-refractivity contribution in [2.24, 2.45) is 0 Å². The largest absolute Gasteiger partial charge is 0.302 e. The summed E-state index contributed by atoms with van der Waals surface area (Å²) >= 11 is 14.7. The van der Waals surface area contributed by atoms with Crippen molar-refractivity contribution in [3.05, 3.63) is 0 Å². The highest BCUT2D eigenvalue weighted by atomic mass is 34.1. The van der Waals surface area contributed by atoms with Crippen molar-refractivity contribution in [1.29, 1.82) is 0 Å². The van der Waals surface area contributed by atoms with E-state index in [2.05, 4.69) is 11.7 Å². The van der Waals surface area contributed by atoms with Crippen molar-refractivity contribution >= 4 is 827 Å². The van der Waals surface area contributed by atoms with Gasteiger partial charge < -0.3 is 4.18 Å². The van der Waals surface area contributed by atoms with Crippen molar-refractivity contribution < 1.29 is 4.18 Å². The fourth-order valence-electron chi connectivity index (χ4n) is 1.08. The molecule has 0 aromatic heterocycles. The lowest BCUT2D eigenvalue weighted by Crippen LogP contribution is -1.93. The molecule has 0 rings (SSSR count). The third-order valence-electron chi connectivity index (χ3n) is 2.54. The van der Waals surface area contributed by atoms with E-state index in [1.807, 2.05) is 636 Å². The molecule has 0 saturated carbocycles. The van der Waals surface area contributed by atoms with Crippen LogP contribution in [-0.4, -0.2) is 6.61 Å². The van der Waals surface area contributed by atoms with Gasteiger partial charge in [0.2, 0.25) is 0 Å². The molecular formula is C2H6OS84. The lowest BCUT2D eigenvalue weighted by atomic mass is 10.9. The monoisotopic (exact) mass is 2730 g/mol. The van der Waals surface area contributed by atoms with Gasteiger partial charge in [0.15, 0.2) is 0 Å². The summed E-state index contributed by atoms with van der Waals surface area (Å²) in [5.41, 5.74) is 0. The minimum atomic E-state index is -1.82. The molecule has 85 heteroatoms. The van der Waals surface area contributed by atoms with Gasteiger partial charge in [0.25, 0.3) is 0 Å². The molecule has 0 unspecified atom stereocenters. The van der Waals surface area contributed by atoms with Gasteiger partial charge in [0.05, 0.1) is 13.1 Å². The molecule has 0 radical (unpaired) electrons. The molecule has 0 heterocycles. The second kappa shape index (κ2) is 109. The van der Waals surface area contributed by atoms with Crippen LogP contribution in [0.2, 0.25) is 0 Å². The summed E-state index contributed by atoms with van der Waals surface area (Å²) in [5.74, 6) is 0. The minimum Gasteiger partial charge on any atom is -0.302 e. The van der Waals surface area contributed by atoms with E-state index in [1.165, 1.54) is 19.7 Å². The molecule has 0 aromatic carbocycles. The Morgan fingerprint density at radius 2 is 0.276 bits per heavy atom. The van der Waals surface area contributed by atoms with Gasteiger partial charge in [-0.25, -0.2) is 0 Å². The quantitative estimate of drug-likeness (QED) is 0.0352. The van der Waals surface area contributed by atoms with Crippen molar-refractivity contribution in [2.75, 3.05) is 6.61 Å². The number of thiol groups is 1. The predicted molar refractivity (Wildman–Crippen MR) is 650 cm³/mol. The first-order valence-electron chi connectivity index (χ1n) is 15.0. The first kappa shape index (κ1) is 116. The zero-order valence-corrected chi connectivity index (χ0v) is 105. The van der Waals surface area contributed by atoms with E-state index in [-0.39, 0.29) is 0 Å². The predicted octanol–water partition coefficient (Wildman–Crippen LogP) is 52.7. The van der Waals surface area contributed by atoms with Gasteiger partial charge in [-0.3, -0.25) is 0 Å². The molecule has 0 amide bonds. The van der Waals surface area contributed by atoms with Crippen molar-refractivity contribution in [3.63, 3.8) is 0 Å². The maximum Gasteiger partial charge on any atom is 0.0820 e. The average molecular weight is 2740 g/mol. The summed E-state index contributed by atoms with van der Waals surface area (Å²) in [6, 6.07) is 0. The van der Waals surface area contributed by atoms with E-state index in [0.717, 1.165) is 0 Å². The SMILES string of the molecule is CCOS(=S)(=S)SSSSSSSSSSSSSSSSSSSSSSSSSSSSSSSSSSSSSSSSSSSSSSSSSSSSSSSSSSSSSSSSSSSSSSSSSSSSSSSSS. The minimum absolute atomic E-state index is 0.578. The maximum absolute atomic E-state index is 5.41. The number of hydrogen-bond donors (Lipinski definition) is 1. The summed E-state index contributed by atoms with van der Waals surface area (Å²) in [6.45, 7) is 0.689. The zero-order chi connectivity index (χ0) is 62.5. The fourth-order valence-corrected chi connectivity index (χ4v) is 223. The van der Waals surface area contributed by atoms with Crippen molar-refractivity contribution in [2.45, 2.75) is 6.92 Å². The van der Waals surface area contributed by atoms with Gasteiger partial charge in [-0.15, -0.1) is 0 Å². The molecule has 1 nitrogen and oxygen atoms in total. The van der Waals surface area contributed by atoms with Crippen LogP contribution in [-0.2, 0) is 33.0 Å². The molecule has 524 valence electrons. The topological polar surface area (TPSA) is 9.23 Å². The van der Waals surface area contributed by atoms with Gasteiger partial charge in [-0.1, -0.05) is 11.7 Å². The van der Waals surface area contributed by atoms with Crippen LogP contribution in [0.15, 0.2) is 0 Å². The smallest absolute Gasteiger partial charge is 0.0820 e. The van der Waals surface area contributed by atoms with Crippen LogP contribution in [0.1, 0.15) is 6.92 Å². The summed E-state index contributed by atoms with van der Waals surface area (Å²) in [7, 11) is 144. The number of hydrogen-bond acceptors (Lipinski definition) is 84. The molecule has 0 aliphatic heterocycles. The molecule has 0 aliphatic rings. The number of rotatable bonds is 82. The van der Waals surface area contributed by atoms with Crippen LogP contribution in [0.4, 0.5) is 0 Å². The van der Waals surface area contributed by atoms with Crippen LogP contribution in [0, 0.1) is 0 Å². The second-order valence-corrected chi connectivity index (χ2v) is 155.